The molecule has 126 valence electrons. The summed E-state index contributed by atoms with van der Waals surface area (Å²) in [4.78, 5) is 12.1. The number of hydrogen-bond donors (Lipinski definition) is 3. The average Bonchev–Trinajstić information content (AvgIpc) is 3.14. The monoisotopic (exact) mass is 338 g/mol. The first-order valence-corrected chi connectivity index (χ1v) is 7.25. The summed E-state index contributed by atoms with van der Waals surface area (Å²) in [6, 6.07) is 11.0. The molecular weight excluding hydrogens is 324 g/mol. The fourth-order valence-corrected chi connectivity index (χ4v) is 2.12. The zero-order chi connectivity index (χ0) is 17.8. The fraction of sp³-hybridized carbons (Fsp3) is 0.0625. The highest BCUT2D eigenvalue weighted by atomic mass is 16.3. The lowest BCUT2D eigenvalue weighted by Crippen LogP contribution is -2.19. The molecule has 0 radical (unpaired) electrons. The van der Waals surface area contributed by atoms with Crippen molar-refractivity contribution in [2.45, 2.75) is 6.92 Å². The number of phenolic OH excluding ortho intramolecular Hbond substituents is 2. The first-order chi connectivity index (χ1) is 12.0. The zero-order valence-corrected chi connectivity index (χ0v) is 13.2. The van der Waals surface area contributed by atoms with E-state index in [1.54, 1.807) is 6.92 Å². The van der Waals surface area contributed by atoms with Crippen molar-refractivity contribution in [3.8, 4) is 17.2 Å². The number of benzene rings is 2. The smallest absolute Gasteiger partial charge is 0.275 e. The number of phenols is 2. The van der Waals surface area contributed by atoms with Crippen LogP contribution in [0, 0.1) is 0 Å². The molecule has 1 aromatic heterocycles. The molecule has 0 atom stereocenters. The van der Waals surface area contributed by atoms with Gasteiger partial charge in [0.1, 0.15) is 17.8 Å². The molecule has 3 rings (SSSR count). The average molecular weight is 338 g/mol. The first kappa shape index (κ1) is 16.1. The Hall–Kier alpha value is -3.75. The predicted molar refractivity (Wildman–Crippen MR) is 88.6 cm³/mol. The molecule has 9 heteroatoms. The molecule has 0 fully saturated rings. The van der Waals surface area contributed by atoms with Gasteiger partial charge in [0, 0.05) is 6.07 Å². The lowest BCUT2D eigenvalue weighted by Gasteiger charge is -2.06. The van der Waals surface area contributed by atoms with Gasteiger partial charge in [-0.2, -0.15) is 5.10 Å². The molecule has 3 N–H and O–H groups in total. The van der Waals surface area contributed by atoms with E-state index >= 15 is 0 Å². The van der Waals surface area contributed by atoms with E-state index < -0.39 is 5.91 Å². The molecular formula is C16H14N6O3. The van der Waals surface area contributed by atoms with Crippen LogP contribution >= 0.6 is 0 Å². The largest absolute Gasteiger partial charge is 0.508 e. The first-order valence-electron chi connectivity index (χ1n) is 7.25. The number of aromatic hydroxyl groups is 2. The molecule has 0 bridgehead atoms. The molecule has 0 aliphatic carbocycles. The van der Waals surface area contributed by atoms with Gasteiger partial charge < -0.3 is 10.2 Å². The lowest BCUT2D eigenvalue weighted by molar-refractivity contribution is 0.0952. The number of hydrazone groups is 1. The number of hydrogen-bond acceptors (Lipinski definition) is 7. The minimum Gasteiger partial charge on any atom is -0.508 e. The van der Waals surface area contributed by atoms with Crippen LogP contribution in [-0.4, -0.2) is 42.0 Å². The van der Waals surface area contributed by atoms with Gasteiger partial charge in [-0.05, 0) is 47.2 Å². The summed E-state index contributed by atoms with van der Waals surface area (Å²) in [5.41, 5.74) is 4.46. The van der Waals surface area contributed by atoms with Crippen LogP contribution in [0.15, 0.2) is 53.9 Å². The summed E-state index contributed by atoms with van der Waals surface area (Å²) in [5.74, 6) is -1.05. The third-order valence-electron chi connectivity index (χ3n) is 3.43. The maximum absolute atomic E-state index is 12.1. The second-order valence-corrected chi connectivity index (χ2v) is 5.14. The number of nitrogens with one attached hydrogen (secondary N) is 1. The highest BCUT2D eigenvalue weighted by molar-refractivity contribution is 6.01. The van der Waals surface area contributed by atoms with E-state index in [0.29, 0.717) is 5.71 Å². The molecule has 0 unspecified atom stereocenters. The van der Waals surface area contributed by atoms with Crippen molar-refractivity contribution in [2.24, 2.45) is 5.10 Å². The summed E-state index contributed by atoms with van der Waals surface area (Å²) in [6.07, 6.45) is 1.47. The Bertz CT molecular complexity index is 937. The number of aromatic nitrogens is 4. The molecule has 0 aliphatic rings. The van der Waals surface area contributed by atoms with Gasteiger partial charge in [-0.1, -0.05) is 12.1 Å². The summed E-state index contributed by atoms with van der Waals surface area (Å²) in [6.45, 7) is 1.73. The minimum absolute atomic E-state index is 0.0109. The number of rotatable bonds is 4. The Morgan fingerprint density at radius 2 is 2.04 bits per heavy atom. The fourth-order valence-electron chi connectivity index (χ4n) is 2.12. The van der Waals surface area contributed by atoms with Crippen LogP contribution in [0.1, 0.15) is 22.8 Å². The van der Waals surface area contributed by atoms with E-state index in [2.05, 4.69) is 26.1 Å². The van der Waals surface area contributed by atoms with Crippen LogP contribution < -0.4 is 5.43 Å². The maximum atomic E-state index is 12.1. The number of tetrazole rings is 1. The van der Waals surface area contributed by atoms with Crippen LogP contribution in [0.25, 0.3) is 5.69 Å². The lowest BCUT2D eigenvalue weighted by atomic mass is 10.1. The van der Waals surface area contributed by atoms with Crippen molar-refractivity contribution in [3.05, 3.63) is 59.9 Å². The van der Waals surface area contributed by atoms with Crippen molar-refractivity contribution in [1.82, 2.24) is 25.6 Å². The van der Waals surface area contributed by atoms with Gasteiger partial charge in [0.05, 0.1) is 17.0 Å². The Balaban J connectivity index is 1.78. The van der Waals surface area contributed by atoms with Gasteiger partial charge >= 0.3 is 0 Å². The van der Waals surface area contributed by atoms with Crippen LogP contribution in [0.3, 0.4) is 0 Å². The third kappa shape index (κ3) is 3.61. The normalized spacial score (nSPS) is 11.3. The van der Waals surface area contributed by atoms with E-state index in [0.717, 1.165) is 17.3 Å². The standard InChI is InChI=1S/C16H14N6O3/c1-10(11-3-2-4-12(7-11)22-9-17-20-21-22)18-19-16(25)14-6-5-13(23)8-15(14)24/h2-9,23-24H,1H3,(H,19,25)/b18-10+. The molecule has 2 aromatic carbocycles. The Morgan fingerprint density at radius 3 is 2.76 bits per heavy atom. The highest BCUT2D eigenvalue weighted by Gasteiger charge is 2.11. The van der Waals surface area contributed by atoms with Gasteiger partial charge in [0.15, 0.2) is 0 Å². The minimum atomic E-state index is -0.589. The molecule has 1 amide bonds. The molecule has 3 aromatic rings. The van der Waals surface area contributed by atoms with Crippen molar-refractivity contribution >= 4 is 11.6 Å². The summed E-state index contributed by atoms with van der Waals surface area (Å²) in [7, 11) is 0. The van der Waals surface area contributed by atoms with E-state index in [1.165, 1.54) is 23.1 Å². The van der Waals surface area contributed by atoms with Crippen LogP contribution in [0.4, 0.5) is 0 Å². The second kappa shape index (κ2) is 6.79. The zero-order valence-electron chi connectivity index (χ0n) is 13.2. The number of amides is 1. The molecule has 1 heterocycles. The molecule has 25 heavy (non-hydrogen) atoms. The van der Waals surface area contributed by atoms with E-state index in [-0.39, 0.29) is 17.1 Å². The van der Waals surface area contributed by atoms with E-state index in [9.17, 15) is 15.0 Å². The van der Waals surface area contributed by atoms with Gasteiger partial charge in [-0.3, -0.25) is 4.79 Å². The molecule has 9 nitrogen and oxygen atoms in total. The SMILES string of the molecule is C/C(=N\NC(=O)c1ccc(O)cc1O)c1cccc(-n2cnnn2)c1. The van der Waals surface area contributed by atoms with Crippen LogP contribution in [0.5, 0.6) is 11.5 Å². The third-order valence-corrected chi connectivity index (χ3v) is 3.43. The second-order valence-electron chi connectivity index (χ2n) is 5.14. The summed E-state index contributed by atoms with van der Waals surface area (Å²) >= 11 is 0. The molecule has 0 saturated heterocycles. The summed E-state index contributed by atoms with van der Waals surface area (Å²) in [5, 5.41) is 34.0. The van der Waals surface area contributed by atoms with Crippen molar-refractivity contribution < 1.29 is 15.0 Å². The van der Waals surface area contributed by atoms with Crippen molar-refractivity contribution in [3.63, 3.8) is 0 Å². The molecule has 0 saturated carbocycles. The Labute approximate surface area is 142 Å². The van der Waals surface area contributed by atoms with Gasteiger partial charge in [-0.25, -0.2) is 10.1 Å². The van der Waals surface area contributed by atoms with Crippen molar-refractivity contribution in [2.75, 3.05) is 0 Å². The summed E-state index contributed by atoms with van der Waals surface area (Å²) < 4.78 is 1.50. The topological polar surface area (TPSA) is 126 Å². The van der Waals surface area contributed by atoms with Gasteiger partial charge in [0.25, 0.3) is 5.91 Å². The van der Waals surface area contributed by atoms with E-state index in [1.807, 2.05) is 24.3 Å². The number of carbonyl (C=O) groups excluding carboxylic acids is 1. The Kier molecular flexibility index (Phi) is 4.38. The molecule has 0 aliphatic heterocycles. The number of carbonyl (C=O) groups is 1. The quantitative estimate of drug-likeness (QED) is 0.485. The molecule has 0 spiro atoms. The van der Waals surface area contributed by atoms with Gasteiger partial charge in [-0.15, -0.1) is 5.10 Å². The van der Waals surface area contributed by atoms with Crippen molar-refractivity contribution in [1.29, 1.82) is 0 Å². The highest BCUT2D eigenvalue weighted by Crippen LogP contribution is 2.22. The maximum Gasteiger partial charge on any atom is 0.275 e. The number of nitrogens with zero attached hydrogens (tertiary/aromatic N) is 5. The predicted octanol–water partition coefficient (Wildman–Crippen LogP) is 1.23. The van der Waals surface area contributed by atoms with Gasteiger partial charge in [0.2, 0.25) is 0 Å². The van der Waals surface area contributed by atoms with Crippen LogP contribution in [-0.2, 0) is 0 Å². The van der Waals surface area contributed by atoms with E-state index in [4.69, 9.17) is 0 Å². The van der Waals surface area contributed by atoms with Crippen LogP contribution in [0.2, 0.25) is 0 Å². The Morgan fingerprint density at radius 1 is 1.20 bits per heavy atom.